The van der Waals surface area contributed by atoms with E-state index in [0.29, 0.717) is 16.4 Å². The molecule has 3 rings (SSSR count). The molecule has 0 bridgehead atoms. The van der Waals surface area contributed by atoms with Crippen molar-refractivity contribution >= 4 is 27.5 Å². The van der Waals surface area contributed by atoms with Crippen LogP contribution in [0.2, 0.25) is 5.02 Å². The predicted molar refractivity (Wildman–Crippen MR) is 119 cm³/mol. The molecule has 0 unspecified atom stereocenters. The quantitative estimate of drug-likeness (QED) is 0.527. The maximum absolute atomic E-state index is 13.1. The number of halogens is 1. The van der Waals surface area contributed by atoms with Crippen LogP contribution in [0, 0.1) is 0 Å². The Kier molecular flexibility index (Phi) is 7.17. The summed E-state index contributed by atoms with van der Waals surface area (Å²) in [7, 11) is -1.16. The molecule has 32 heavy (non-hydrogen) atoms. The van der Waals surface area contributed by atoms with E-state index < -0.39 is 15.9 Å². The fourth-order valence-corrected chi connectivity index (χ4v) is 4.22. The van der Waals surface area contributed by atoms with Gasteiger partial charge in [0.15, 0.2) is 0 Å². The van der Waals surface area contributed by atoms with E-state index in [1.165, 1.54) is 32.4 Å². The van der Waals surface area contributed by atoms with Gasteiger partial charge in [-0.1, -0.05) is 28.9 Å². The van der Waals surface area contributed by atoms with Gasteiger partial charge in [-0.15, -0.1) is 0 Å². The van der Waals surface area contributed by atoms with Gasteiger partial charge in [-0.2, -0.15) is 9.29 Å². The zero-order valence-corrected chi connectivity index (χ0v) is 19.6. The van der Waals surface area contributed by atoms with Gasteiger partial charge in [0.05, 0.1) is 24.1 Å². The van der Waals surface area contributed by atoms with Crippen LogP contribution in [0.1, 0.15) is 30.1 Å². The van der Waals surface area contributed by atoms with Gasteiger partial charge in [0.25, 0.3) is 5.91 Å². The molecule has 0 aliphatic heterocycles. The second-order valence-corrected chi connectivity index (χ2v) is 9.75. The molecule has 2 aromatic carbocycles. The summed E-state index contributed by atoms with van der Waals surface area (Å²) in [5, 5.41) is 7.14. The van der Waals surface area contributed by atoms with E-state index in [0.717, 1.165) is 4.31 Å². The molecule has 9 nitrogen and oxygen atoms in total. The molecule has 1 heterocycles. The standard InChI is InChI=1S/C21H23ClN4O5S/c1-13(2)23-21(27)17-11-16(8-9-18(17)30-4)32(28,29)26(3)12-19-24-20(25-31-19)14-6-5-7-15(22)10-14/h5-11,13H,12H2,1-4H3,(H,23,27). The SMILES string of the molecule is COc1ccc(S(=O)(=O)N(C)Cc2nc(-c3cccc(Cl)c3)no2)cc1C(=O)NC(C)C. The first-order chi connectivity index (χ1) is 15.1. The van der Waals surface area contributed by atoms with Gasteiger partial charge in [-0.25, -0.2) is 8.42 Å². The molecule has 0 saturated carbocycles. The average molecular weight is 479 g/mol. The second-order valence-electron chi connectivity index (χ2n) is 7.27. The van der Waals surface area contributed by atoms with Crippen LogP contribution in [-0.4, -0.2) is 49.0 Å². The van der Waals surface area contributed by atoms with Crippen LogP contribution >= 0.6 is 11.6 Å². The molecule has 0 aliphatic carbocycles. The number of nitrogens with zero attached hydrogens (tertiary/aromatic N) is 3. The molecular weight excluding hydrogens is 456 g/mol. The van der Waals surface area contributed by atoms with E-state index in [1.54, 1.807) is 38.1 Å². The van der Waals surface area contributed by atoms with E-state index in [4.69, 9.17) is 20.9 Å². The first-order valence-corrected chi connectivity index (χ1v) is 11.5. The van der Waals surface area contributed by atoms with Crippen molar-refractivity contribution in [2.24, 2.45) is 0 Å². The lowest BCUT2D eigenvalue weighted by atomic mass is 10.2. The molecule has 0 radical (unpaired) electrons. The number of hydrogen-bond acceptors (Lipinski definition) is 7. The summed E-state index contributed by atoms with van der Waals surface area (Å²) < 4.78 is 37.7. The zero-order chi connectivity index (χ0) is 23.5. The molecular formula is C21H23ClN4O5S. The number of ether oxygens (including phenoxy) is 1. The van der Waals surface area contributed by atoms with Crippen LogP contribution in [0.5, 0.6) is 5.75 Å². The number of amides is 1. The molecule has 1 N–H and O–H groups in total. The van der Waals surface area contributed by atoms with Crippen LogP contribution in [0.3, 0.4) is 0 Å². The maximum Gasteiger partial charge on any atom is 0.255 e. The van der Waals surface area contributed by atoms with Crippen molar-refractivity contribution in [1.29, 1.82) is 0 Å². The van der Waals surface area contributed by atoms with Crippen molar-refractivity contribution < 1.29 is 22.5 Å². The highest BCUT2D eigenvalue weighted by atomic mass is 35.5. The smallest absolute Gasteiger partial charge is 0.255 e. The fraction of sp³-hybridized carbons (Fsp3) is 0.286. The fourth-order valence-electron chi connectivity index (χ4n) is 2.88. The largest absolute Gasteiger partial charge is 0.496 e. The number of sulfonamides is 1. The van der Waals surface area contributed by atoms with Crippen molar-refractivity contribution in [3.63, 3.8) is 0 Å². The van der Waals surface area contributed by atoms with E-state index in [-0.39, 0.29) is 34.7 Å². The highest BCUT2D eigenvalue weighted by Gasteiger charge is 2.26. The third-order valence-electron chi connectivity index (χ3n) is 4.45. The van der Waals surface area contributed by atoms with Gasteiger partial charge >= 0.3 is 0 Å². The van der Waals surface area contributed by atoms with Crippen LogP contribution in [0.25, 0.3) is 11.4 Å². The van der Waals surface area contributed by atoms with Crippen molar-refractivity contribution in [2.45, 2.75) is 31.3 Å². The molecule has 0 spiro atoms. The number of hydrogen-bond donors (Lipinski definition) is 1. The summed E-state index contributed by atoms with van der Waals surface area (Å²) in [5.74, 6) is 0.246. The summed E-state index contributed by atoms with van der Waals surface area (Å²) in [6.45, 7) is 3.46. The lowest BCUT2D eigenvalue weighted by Crippen LogP contribution is -2.31. The zero-order valence-electron chi connectivity index (χ0n) is 18.0. The van der Waals surface area contributed by atoms with E-state index in [1.807, 2.05) is 0 Å². The van der Waals surface area contributed by atoms with Gasteiger partial charge in [-0.05, 0) is 44.2 Å². The topological polar surface area (TPSA) is 115 Å². The molecule has 0 atom stereocenters. The Hall–Kier alpha value is -2.95. The lowest BCUT2D eigenvalue weighted by Gasteiger charge is -2.17. The minimum Gasteiger partial charge on any atom is -0.496 e. The van der Waals surface area contributed by atoms with Gasteiger partial charge in [0.2, 0.25) is 21.7 Å². The summed E-state index contributed by atoms with van der Waals surface area (Å²) in [5.41, 5.74) is 0.769. The number of rotatable bonds is 8. The molecule has 1 amide bonds. The first-order valence-electron chi connectivity index (χ1n) is 9.65. The van der Waals surface area contributed by atoms with Crippen molar-refractivity contribution in [1.82, 2.24) is 19.8 Å². The summed E-state index contributed by atoms with van der Waals surface area (Å²) >= 11 is 5.99. The number of methoxy groups -OCH3 is 1. The molecule has 1 aromatic heterocycles. The molecule has 3 aromatic rings. The van der Waals surface area contributed by atoms with E-state index >= 15 is 0 Å². The number of benzene rings is 2. The first kappa shape index (κ1) is 23.7. The monoisotopic (exact) mass is 478 g/mol. The Bertz CT molecular complexity index is 1230. The average Bonchev–Trinajstić information content (AvgIpc) is 3.21. The van der Waals surface area contributed by atoms with Gasteiger partial charge in [-0.3, -0.25) is 4.79 Å². The second kappa shape index (κ2) is 9.68. The normalized spacial score (nSPS) is 11.7. The Balaban J connectivity index is 1.84. The molecule has 0 saturated heterocycles. The van der Waals surface area contributed by atoms with Crippen LogP contribution in [0.15, 0.2) is 51.9 Å². The maximum atomic E-state index is 13.1. The van der Waals surface area contributed by atoms with Gasteiger partial charge < -0.3 is 14.6 Å². The molecule has 0 aliphatic rings. The van der Waals surface area contributed by atoms with Crippen molar-refractivity contribution in [3.05, 3.63) is 58.9 Å². The minimum absolute atomic E-state index is 0.0655. The third-order valence-corrected chi connectivity index (χ3v) is 6.49. The predicted octanol–water partition coefficient (Wildman–Crippen LogP) is 3.36. The van der Waals surface area contributed by atoms with Crippen molar-refractivity contribution in [3.8, 4) is 17.1 Å². The number of carbonyl (C=O) groups excluding carboxylic acids is 1. The lowest BCUT2D eigenvalue weighted by molar-refractivity contribution is 0.0940. The van der Waals surface area contributed by atoms with Crippen molar-refractivity contribution in [2.75, 3.05) is 14.2 Å². The number of aromatic nitrogens is 2. The summed E-state index contributed by atoms with van der Waals surface area (Å²) in [6.07, 6.45) is 0. The highest BCUT2D eigenvalue weighted by Crippen LogP contribution is 2.26. The molecule has 170 valence electrons. The minimum atomic E-state index is -3.96. The van der Waals surface area contributed by atoms with Crippen LogP contribution < -0.4 is 10.1 Å². The Morgan fingerprint density at radius 1 is 1.25 bits per heavy atom. The van der Waals surface area contributed by atoms with Crippen LogP contribution in [0.4, 0.5) is 0 Å². The van der Waals surface area contributed by atoms with Crippen LogP contribution in [-0.2, 0) is 16.6 Å². The van der Waals surface area contributed by atoms with E-state index in [2.05, 4.69) is 15.5 Å². The third kappa shape index (κ3) is 5.26. The highest BCUT2D eigenvalue weighted by molar-refractivity contribution is 7.89. The number of nitrogens with one attached hydrogen (secondary N) is 1. The summed E-state index contributed by atoms with van der Waals surface area (Å²) in [4.78, 5) is 16.7. The van der Waals surface area contributed by atoms with Gasteiger partial charge in [0, 0.05) is 23.7 Å². The Morgan fingerprint density at radius 2 is 2.00 bits per heavy atom. The summed E-state index contributed by atoms with van der Waals surface area (Å²) in [6, 6.07) is 10.9. The molecule has 11 heteroatoms. The Morgan fingerprint density at radius 3 is 2.66 bits per heavy atom. The molecule has 0 fully saturated rings. The van der Waals surface area contributed by atoms with Gasteiger partial charge in [0.1, 0.15) is 5.75 Å². The van der Waals surface area contributed by atoms with E-state index in [9.17, 15) is 13.2 Å². The number of carbonyl (C=O) groups is 1. The Labute approximate surface area is 191 Å².